The van der Waals surface area contributed by atoms with E-state index in [0.29, 0.717) is 34.1 Å². The van der Waals surface area contributed by atoms with Crippen LogP contribution in [0.4, 0.5) is 30.6 Å². The summed E-state index contributed by atoms with van der Waals surface area (Å²) in [5.41, 5.74) is 0.752. The molecule has 1 fully saturated rings. The summed E-state index contributed by atoms with van der Waals surface area (Å²) in [4.78, 5) is 25.8. The first kappa shape index (κ1) is 22.9. The smallest absolute Gasteiger partial charge is 0.365 e. The molecule has 0 bridgehead atoms. The zero-order valence-electron chi connectivity index (χ0n) is 17.7. The number of halogens is 4. The Labute approximate surface area is 192 Å². The molecule has 2 atom stereocenters. The Kier molecular flexibility index (Phi) is 6.19. The maximum atomic E-state index is 12.6. The number of nitrogens with one attached hydrogen (secondary N) is 3. The summed E-state index contributed by atoms with van der Waals surface area (Å²) >= 11 is 6.33. The van der Waals surface area contributed by atoms with Crippen molar-refractivity contribution in [2.75, 3.05) is 17.2 Å². The number of amides is 1. The number of fused-ring (bicyclic) bond motifs is 1. The van der Waals surface area contributed by atoms with Crippen molar-refractivity contribution in [3.63, 3.8) is 0 Å². The molecule has 3 N–H and O–H groups in total. The second kappa shape index (κ2) is 8.93. The van der Waals surface area contributed by atoms with E-state index in [4.69, 9.17) is 11.6 Å². The van der Waals surface area contributed by atoms with Crippen LogP contribution in [0.1, 0.15) is 19.8 Å². The summed E-state index contributed by atoms with van der Waals surface area (Å²) in [5, 5.41) is 10.9. The molecule has 33 heavy (non-hydrogen) atoms. The summed E-state index contributed by atoms with van der Waals surface area (Å²) < 4.78 is 38.6. The first-order valence-electron chi connectivity index (χ1n) is 10.2. The second-order valence-electron chi connectivity index (χ2n) is 7.89. The lowest BCUT2D eigenvalue weighted by Crippen LogP contribution is -2.49. The third-order valence-electron chi connectivity index (χ3n) is 5.39. The first-order valence-corrected chi connectivity index (χ1v) is 10.6. The Hall–Kier alpha value is -3.28. The average Bonchev–Trinajstić information content (AvgIpc) is 3.33. The molecule has 3 aromatic heterocycles. The lowest BCUT2D eigenvalue weighted by Gasteiger charge is -2.38. The van der Waals surface area contributed by atoms with Gasteiger partial charge in [-0.3, -0.25) is 9.48 Å². The SMILES string of the molecule is C=CC(=O)N1C[C@H](Nc2nc(Nc3cnn(CC(F)(F)F)c3)nc3[nH]cc(Cl)c23)CC[C@@H]1C. The van der Waals surface area contributed by atoms with Gasteiger partial charge in [0.05, 0.1) is 22.3 Å². The van der Waals surface area contributed by atoms with Crippen LogP contribution in [0.25, 0.3) is 11.0 Å². The molecule has 176 valence electrons. The van der Waals surface area contributed by atoms with E-state index in [9.17, 15) is 18.0 Å². The number of alkyl halides is 3. The number of aromatic nitrogens is 5. The van der Waals surface area contributed by atoms with E-state index < -0.39 is 12.7 Å². The van der Waals surface area contributed by atoms with Gasteiger partial charge in [0.15, 0.2) is 0 Å². The fourth-order valence-electron chi connectivity index (χ4n) is 3.83. The minimum absolute atomic E-state index is 0.0865. The van der Waals surface area contributed by atoms with Crippen molar-refractivity contribution in [1.82, 2.24) is 29.6 Å². The van der Waals surface area contributed by atoms with Crippen LogP contribution in [-0.4, -0.2) is 60.3 Å². The number of carbonyl (C=O) groups is 1. The van der Waals surface area contributed by atoms with Gasteiger partial charge in [-0.2, -0.15) is 28.2 Å². The number of likely N-dealkylation sites (tertiary alicyclic amines) is 1. The molecule has 0 spiro atoms. The largest absolute Gasteiger partial charge is 0.408 e. The quantitative estimate of drug-likeness (QED) is 0.457. The van der Waals surface area contributed by atoms with Gasteiger partial charge in [0.2, 0.25) is 11.9 Å². The Morgan fingerprint density at radius 1 is 1.39 bits per heavy atom. The molecular weight excluding hydrogens is 461 g/mol. The van der Waals surface area contributed by atoms with Crippen LogP contribution < -0.4 is 10.6 Å². The summed E-state index contributed by atoms with van der Waals surface area (Å²) in [6.07, 6.45) is 2.58. The molecule has 0 aliphatic carbocycles. The molecule has 3 aromatic rings. The van der Waals surface area contributed by atoms with Gasteiger partial charge in [0.1, 0.15) is 18.0 Å². The highest BCUT2D eigenvalue weighted by Gasteiger charge is 2.29. The zero-order valence-corrected chi connectivity index (χ0v) is 18.4. The third-order valence-corrected chi connectivity index (χ3v) is 5.69. The summed E-state index contributed by atoms with van der Waals surface area (Å²) in [6, 6.07) is 0.0110. The molecule has 1 saturated heterocycles. The lowest BCUT2D eigenvalue weighted by atomic mass is 9.99. The number of H-pyrrole nitrogens is 1. The Morgan fingerprint density at radius 3 is 2.91 bits per heavy atom. The third kappa shape index (κ3) is 5.21. The Bertz CT molecular complexity index is 1170. The first-order chi connectivity index (χ1) is 15.6. The average molecular weight is 483 g/mol. The predicted octanol–water partition coefficient (Wildman–Crippen LogP) is 4.09. The van der Waals surface area contributed by atoms with Gasteiger partial charge in [-0.05, 0) is 25.8 Å². The van der Waals surface area contributed by atoms with Crippen LogP contribution in [0.3, 0.4) is 0 Å². The molecule has 1 amide bonds. The fraction of sp³-hybridized carbons (Fsp3) is 0.400. The number of hydrogen-bond donors (Lipinski definition) is 3. The molecule has 0 aromatic carbocycles. The molecule has 1 aliphatic heterocycles. The van der Waals surface area contributed by atoms with Gasteiger partial charge in [-0.1, -0.05) is 18.2 Å². The lowest BCUT2D eigenvalue weighted by molar-refractivity contribution is -0.142. The van der Waals surface area contributed by atoms with Gasteiger partial charge in [-0.25, -0.2) is 0 Å². The topological polar surface area (TPSA) is 104 Å². The number of aromatic amines is 1. The van der Waals surface area contributed by atoms with Gasteiger partial charge in [0, 0.05) is 31.0 Å². The minimum atomic E-state index is -4.38. The van der Waals surface area contributed by atoms with E-state index in [0.717, 1.165) is 17.5 Å². The van der Waals surface area contributed by atoms with Crippen molar-refractivity contribution in [2.24, 2.45) is 0 Å². The van der Waals surface area contributed by atoms with Crippen LogP contribution >= 0.6 is 11.6 Å². The van der Waals surface area contributed by atoms with Gasteiger partial charge >= 0.3 is 6.18 Å². The standard InChI is InChI=1S/C20H22ClF3N8O/c1-3-15(33)32-9-12(5-4-11(32)2)27-18-16-14(21)7-25-17(16)29-19(30-18)28-13-6-26-31(8-13)10-20(22,23)24/h3,6-8,11-12H,1,4-5,9-10H2,2H3,(H3,25,27,28,29,30)/t11-,12+/m0/s1. The van der Waals surface area contributed by atoms with Crippen molar-refractivity contribution in [3.8, 4) is 0 Å². The molecule has 0 unspecified atom stereocenters. The molecule has 9 nitrogen and oxygen atoms in total. The van der Waals surface area contributed by atoms with Crippen LogP contribution in [0.2, 0.25) is 5.02 Å². The Morgan fingerprint density at radius 2 is 2.18 bits per heavy atom. The van der Waals surface area contributed by atoms with Crippen LogP contribution in [0, 0.1) is 0 Å². The number of anilines is 3. The fourth-order valence-corrected chi connectivity index (χ4v) is 4.06. The molecule has 4 rings (SSSR count). The van der Waals surface area contributed by atoms with Crippen LogP contribution in [0.5, 0.6) is 0 Å². The molecule has 0 saturated carbocycles. The van der Waals surface area contributed by atoms with E-state index >= 15 is 0 Å². The highest BCUT2D eigenvalue weighted by Crippen LogP contribution is 2.31. The summed E-state index contributed by atoms with van der Waals surface area (Å²) in [6.45, 7) is 4.82. The van der Waals surface area contributed by atoms with E-state index in [1.165, 1.54) is 18.5 Å². The van der Waals surface area contributed by atoms with E-state index in [-0.39, 0.29) is 23.9 Å². The number of rotatable bonds is 6. The summed E-state index contributed by atoms with van der Waals surface area (Å²) in [7, 11) is 0. The number of nitrogens with zero attached hydrogens (tertiary/aromatic N) is 5. The maximum absolute atomic E-state index is 12.6. The monoisotopic (exact) mass is 482 g/mol. The molecule has 0 radical (unpaired) electrons. The van der Waals surface area contributed by atoms with Crippen molar-refractivity contribution >= 4 is 46.0 Å². The molecule has 1 aliphatic rings. The second-order valence-corrected chi connectivity index (χ2v) is 8.29. The van der Waals surface area contributed by atoms with Crippen molar-refractivity contribution in [1.29, 1.82) is 0 Å². The van der Waals surface area contributed by atoms with Gasteiger partial charge < -0.3 is 20.5 Å². The zero-order chi connectivity index (χ0) is 23.8. The van der Waals surface area contributed by atoms with Crippen LogP contribution in [-0.2, 0) is 11.3 Å². The van der Waals surface area contributed by atoms with Crippen molar-refractivity contribution in [2.45, 2.75) is 44.6 Å². The Balaban J connectivity index is 1.58. The van der Waals surface area contributed by atoms with Crippen molar-refractivity contribution in [3.05, 3.63) is 36.3 Å². The molecule has 13 heteroatoms. The number of carbonyl (C=O) groups excluding carboxylic acids is 1. The van der Waals surface area contributed by atoms with E-state index in [2.05, 4.69) is 37.3 Å². The van der Waals surface area contributed by atoms with E-state index in [1.54, 1.807) is 11.1 Å². The van der Waals surface area contributed by atoms with E-state index in [1.807, 2.05) is 6.92 Å². The minimum Gasteiger partial charge on any atom is -0.365 e. The number of piperidine rings is 1. The maximum Gasteiger partial charge on any atom is 0.408 e. The molecular formula is C20H22ClF3N8O. The highest BCUT2D eigenvalue weighted by atomic mass is 35.5. The van der Waals surface area contributed by atoms with Crippen molar-refractivity contribution < 1.29 is 18.0 Å². The van der Waals surface area contributed by atoms with Gasteiger partial charge in [-0.15, -0.1) is 0 Å². The van der Waals surface area contributed by atoms with Gasteiger partial charge in [0.25, 0.3) is 0 Å². The highest BCUT2D eigenvalue weighted by molar-refractivity contribution is 6.36. The number of hydrogen-bond acceptors (Lipinski definition) is 6. The normalized spacial score (nSPS) is 19.0. The molecule has 4 heterocycles. The predicted molar refractivity (Wildman–Crippen MR) is 118 cm³/mol. The summed E-state index contributed by atoms with van der Waals surface area (Å²) in [5.74, 6) is 0.458. The van der Waals surface area contributed by atoms with Crippen LogP contribution in [0.15, 0.2) is 31.2 Å².